The first-order chi connectivity index (χ1) is 14.6. The minimum absolute atomic E-state index is 0.204. The monoisotopic (exact) mass is 402 g/mol. The average molecular weight is 402 g/mol. The van der Waals surface area contributed by atoms with E-state index in [2.05, 4.69) is 13.0 Å². The molecule has 1 aromatic heterocycles. The van der Waals surface area contributed by atoms with Crippen LogP contribution in [0.25, 0.3) is 11.0 Å². The van der Waals surface area contributed by atoms with E-state index in [-0.39, 0.29) is 6.61 Å². The summed E-state index contributed by atoms with van der Waals surface area (Å²) in [6.45, 7) is 4.96. The second-order valence-electron chi connectivity index (χ2n) is 7.46. The van der Waals surface area contributed by atoms with Crippen molar-refractivity contribution < 1.29 is 14.6 Å². The molecule has 1 N–H and O–H groups in total. The number of aryl methyl sites for hydroxylation is 2. The third-order valence-corrected chi connectivity index (χ3v) is 5.00. The molecule has 0 spiro atoms. The summed E-state index contributed by atoms with van der Waals surface area (Å²) in [4.78, 5) is 4.71. The molecule has 1 heterocycles. The SMILES string of the molecule is Cc1ccc(OCC(O)Cn2c(COc3ccccc3)nc3ccccc32)c(C)c1. The third-order valence-electron chi connectivity index (χ3n) is 5.00. The van der Waals surface area contributed by atoms with Crippen LogP contribution in [0.15, 0.2) is 72.8 Å². The fourth-order valence-electron chi connectivity index (χ4n) is 3.51. The zero-order chi connectivity index (χ0) is 20.9. The molecule has 0 bridgehead atoms. The fraction of sp³-hybridized carbons (Fsp3) is 0.240. The molecule has 1 unspecified atom stereocenters. The van der Waals surface area contributed by atoms with Crippen molar-refractivity contribution in [2.45, 2.75) is 33.1 Å². The topological polar surface area (TPSA) is 56.5 Å². The molecule has 0 amide bonds. The predicted octanol–water partition coefficient (Wildman–Crippen LogP) is 4.67. The molecule has 0 aliphatic heterocycles. The van der Waals surface area contributed by atoms with Crippen molar-refractivity contribution in [1.82, 2.24) is 9.55 Å². The lowest BCUT2D eigenvalue weighted by Crippen LogP contribution is -2.25. The lowest BCUT2D eigenvalue weighted by Gasteiger charge is -2.17. The maximum atomic E-state index is 10.7. The second-order valence-corrected chi connectivity index (χ2v) is 7.46. The van der Waals surface area contributed by atoms with Gasteiger partial charge in [0.15, 0.2) is 0 Å². The van der Waals surface area contributed by atoms with Gasteiger partial charge in [0.1, 0.15) is 36.6 Å². The van der Waals surface area contributed by atoms with E-state index in [1.54, 1.807) is 0 Å². The number of imidazole rings is 1. The number of aliphatic hydroxyl groups is 1. The summed E-state index contributed by atoms with van der Waals surface area (Å²) >= 11 is 0. The Bertz CT molecular complexity index is 1120. The number of aromatic nitrogens is 2. The van der Waals surface area contributed by atoms with Crippen molar-refractivity contribution in [3.8, 4) is 11.5 Å². The van der Waals surface area contributed by atoms with Gasteiger partial charge >= 0.3 is 0 Å². The molecule has 4 aromatic rings. The van der Waals surface area contributed by atoms with E-state index in [4.69, 9.17) is 14.5 Å². The van der Waals surface area contributed by atoms with Crippen molar-refractivity contribution in [2.24, 2.45) is 0 Å². The van der Waals surface area contributed by atoms with Gasteiger partial charge in [0.2, 0.25) is 0 Å². The van der Waals surface area contributed by atoms with E-state index in [1.165, 1.54) is 5.56 Å². The van der Waals surface area contributed by atoms with E-state index in [1.807, 2.05) is 78.2 Å². The zero-order valence-electron chi connectivity index (χ0n) is 17.3. The Morgan fingerprint density at radius 3 is 2.50 bits per heavy atom. The molecule has 0 radical (unpaired) electrons. The highest BCUT2D eigenvalue weighted by Gasteiger charge is 2.15. The maximum Gasteiger partial charge on any atom is 0.148 e. The highest BCUT2D eigenvalue weighted by molar-refractivity contribution is 5.75. The molecule has 154 valence electrons. The largest absolute Gasteiger partial charge is 0.491 e. The normalized spacial score (nSPS) is 12.1. The van der Waals surface area contributed by atoms with E-state index < -0.39 is 6.10 Å². The van der Waals surface area contributed by atoms with Crippen LogP contribution in [0.1, 0.15) is 17.0 Å². The van der Waals surface area contributed by atoms with Crippen LogP contribution in [-0.2, 0) is 13.2 Å². The Morgan fingerprint density at radius 2 is 1.70 bits per heavy atom. The molecule has 0 saturated carbocycles. The summed E-state index contributed by atoms with van der Waals surface area (Å²) in [5, 5.41) is 10.7. The lowest BCUT2D eigenvalue weighted by atomic mass is 10.1. The molecule has 4 rings (SSSR count). The number of fused-ring (bicyclic) bond motifs is 1. The number of nitrogens with zero attached hydrogens (tertiary/aromatic N) is 2. The molecule has 5 nitrogen and oxygen atoms in total. The Balaban J connectivity index is 1.49. The standard InChI is InChI=1S/C25H26N2O3/c1-18-12-13-24(19(2)14-18)30-16-20(28)15-27-23-11-7-6-10-22(23)26-25(27)17-29-21-8-4-3-5-9-21/h3-14,20,28H,15-17H2,1-2H3. The predicted molar refractivity (Wildman–Crippen MR) is 118 cm³/mol. The molecular weight excluding hydrogens is 376 g/mol. The van der Waals surface area contributed by atoms with Gasteiger partial charge in [-0.05, 0) is 49.7 Å². The van der Waals surface area contributed by atoms with Gasteiger partial charge in [-0.1, -0.05) is 48.0 Å². The molecule has 5 heteroatoms. The molecule has 1 atom stereocenters. The third kappa shape index (κ3) is 4.63. The van der Waals surface area contributed by atoms with Gasteiger partial charge in [0, 0.05) is 0 Å². The Hall–Kier alpha value is -3.31. The van der Waals surface area contributed by atoms with Crippen LogP contribution in [0.3, 0.4) is 0 Å². The van der Waals surface area contributed by atoms with Crippen molar-refractivity contribution >= 4 is 11.0 Å². The summed E-state index contributed by atoms with van der Waals surface area (Å²) < 4.78 is 13.8. The van der Waals surface area contributed by atoms with Gasteiger partial charge < -0.3 is 19.1 Å². The van der Waals surface area contributed by atoms with Crippen molar-refractivity contribution in [3.63, 3.8) is 0 Å². The van der Waals surface area contributed by atoms with Gasteiger partial charge in [-0.15, -0.1) is 0 Å². The van der Waals surface area contributed by atoms with Crippen molar-refractivity contribution in [1.29, 1.82) is 0 Å². The number of hydrogen-bond acceptors (Lipinski definition) is 4. The zero-order valence-corrected chi connectivity index (χ0v) is 17.3. The first kappa shape index (κ1) is 20.0. The van der Waals surface area contributed by atoms with E-state index in [0.29, 0.717) is 13.2 Å². The fourth-order valence-corrected chi connectivity index (χ4v) is 3.51. The first-order valence-corrected chi connectivity index (χ1v) is 10.1. The molecule has 0 saturated heterocycles. The Kier molecular flexibility index (Phi) is 6.00. The van der Waals surface area contributed by atoms with Gasteiger partial charge in [-0.25, -0.2) is 4.98 Å². The second kappa shape index (κ2) is 9.01. The van der Waals surface area contributed by atoms with Crippen LogP contribution >= 0.6 is 0 Å². The Morgan fingerprint density at radius 1 is 0.933 bits per heavy atom. The van der Waals surface area contributed by atoms with Crippen LogP contribution in [0.5, 0.6) is 11.5 Å². The van der Waals surface area contributed by atoms with Crippen LogP contribution in [-0.4, -0.2) is 27.4 Å². The lowest BCUT2D eigenvalue weighted by molar-refractivity contribution is 0.0914. The van der Waals surface area contributed by atoms with Crippen LogP contribution < -0.4 is 9.47 Å². The molecule has 0 fully saturated rings. The molecule has 30 heavy (non-hydrogen) atoms. The molecule has 3 aromatic carbocycles. The van der Waals surface area contributed by atoms with E-state index >= 15 is 0 Å². The number of aliphatic hydroxyl groups excluding tert-OH is 1. The highest BCUT2D eigenvalue weighted by atomic mass is 16.5. The van der Waals surface area contributed by atoms with Crippen LogP contribution in [0, 0.1) is 13.8 Å². The van der Waals surface area contributed by atoms with Crippen LogP contribution in [0.4, 0.5) is 0 Å². The van der Waals surface area contributed by atoms with Crippen molar-refractivity contribution in [3.05, 3.63) is 89.7 Å². The summed E-state index contributed by atoms with van der Waals surface area (Å²) in [6.07, 6.45) is -0.682. The molecule has 0 aliphatic rings. The minimum atomic E-state index is -0.682. The van der Waals surface area contributed by atoms with E-state index in [0.717, 1.165) is 33.9 Å². The average Bonchev–Trinajstić information content (AvgIpc) is 3.10. The summed E-state index contributed by atoms with van der Waals surface area (Å²) in [5.74, 6) is 2.35. The quantitative estimate of drug-likeness (QED) is 0.465. The van der Waals surface area contributed by atoms with Gasteiger partial charge in [0.05, 0.1) is 17.6 Å². The van der Waals surface area contributed by atoms with Gasteiger partial charge in [0.25, 0.3) is 0 Å². The number of benzene rings is 3. The smallest absolute Gasteiger partial charge is 0.148 e. The number of rotatable bonds is 8. The number of para-hydroxylation sites is 3. The van der Waals surface area contributed by atoms with E-state index in [9.17, 15) is 5.11 Å². The Labute approximate surface area is 176 Å². The highest BCUT2D eigenvalue weighted by Crippen LogP contribution is 2.21. The van der Waals surface area contributed by atoms with Gasteiger partial charge in [-0.3, -0.25) is 0 Å². The number of ether oxygens (including phenoxy) is 2. The maximum absolute atomic E-state index is 10.7. The summed E-state index contributed by atoms with van der Waals surface area (Å²) in [6, 6.07) is 23.6. The van der Waals surface area contributed by atoms with Gasteiger partial charge in [-0.2, -0.15) is 0 Å². The number of hydrogen-bond donors (Lipinski definition) is 1. The first-order valence-electron chi connectivity index (χ1n) is 10.1. The summed E-state index contributed by atoms with van der Waals surface area (Å²) in [7, 11) is 0. The minimum Gasteiger partial charge on any atom is -0.491 e. The van der Waals surface area contributed by atoms with Crippen molar-refractivity contribution in [2.75, 3.05) is 6.61 Å². The molecule has 0 aliphatic carbocycles. The summed E-state index contributed by atoms with van der Waals surface area (Å²) in [5.41, 5.74) is 4.10. The molecular formula is C25H26N2O3. The van der Waals surface area contributed by atoms with Crippen LogP contribution in [0.2, 0.25) is 0 Å².